The predicted octanol–water partition coefficient (Wildman–Crippen LogP) is 2.22. The lowest BCUT2D eigenvalue weighted by Gasteiger charge is -2.31. The minimum Gasteiger partial charge on any atom is -0.345 e. The normalized spacial score (nSPS) is 26.6. The van der Waals surface area contributed by atoms with E-state index in [1.807, 2.05) is 42.5 Å². The number of likely N-dealkylation sites (N-methyl/N-ethyl adjacent to an activating group) is 1. The van der Waals surface area contributed by atoms with Crippen molar-refractivity contribution in [1.82, 2.24) is 16.0 Å². The van der Waals surface area contributed by atoms with Crippen LogP contribution in [-0.2, 0) is 14.4 Å². The van der Waals surface area contributed by atoms with Gasteiger partial charge < -0.3 is 21.3 Å². The van der Waals surface area contributed by atoms with E-state index < -0.39 is 17.9 Å². The molecule has 2 aliphatic rings. The van der Waals surface area contributed by atoms with Crippen LogP contribution in [0.5, 0.6) is 0 Å². The first-order chi connectivity index (χ1) is 15.5. The van der Waals surface area contributed by atoms with Crippen molar-refractivity contribution in [3.05, 3.63) is 42.5 Å². The van der Waals surface area contributed by atoms with Crippen LogP contribution in [0, 0.1) is 11.8 Å². The highest BCUT2D eigenvalue weighted by Crippen LogP contribution is 2.36. The van der Waals surface area contributed by atoms with Crippen molar-refractivity contribution in [2.45, 2.75) is 50.7 Å². The second kappa shape index (κ2) is 9.79. The summed E-state index contributed by atoms with van der Waals surface area (Å²) in [5, 5.41) is 14.4. The molecule has 0 spiro atoms. The average molecular weight is 437 g/mol. The molecule has 2 aromatic carbocycles. The van der Waals surface area contributed by atoms with Crippen LogP contribution in [0.1, 0.15) is 32.6 Å². The maximum absolute atomic E-state index is 13.6. The molecule has 7 heteroatoms. The lowest BCUT2D eigenvalue weighted by molar-refractivity contribution is -0.134. The summed E-state index contributed by atoms with van der Waals surface area (Å²) in [6.45, 7) is 2.54. The van der Waals surface area contributed by atoms with Gasteiger partial charge in [-0.15, -0.1) is 0 Å². The van der Waals surface area contributed by atoms with Gasteiger partial charge in [0.15, 0.2) is 5.78 Å². The van der Waals surface area contributed by atoms with E-state index in [-0.39, 0.29) is 29.7 Å². The Kier molecular flexibility index (Phi) is 6.86. The van der Waals surface area contributed by atoms with Crippen molar-refractivity contribution < 1.29 is 14.4 Å². The summed E-state index contributed by atoms with van der Waals surface area (Å²) in [6, 6.07) is 12.8. The van der Waals surface area contributed by atoms with E-state index in [0.29, 0.717) is 12.8 Å². The highest BCUT2D eigenvalue weighted by atomic mass is 16.2. The van der Waals surface area contributed by atoms with Gasteiger partial charge in [0.1, 0.15) is 0 Å². The topological polar surface area (TPSA) is 99.3 Å². The van der Waals surface area contributed by atoms with Crippen molar-refractivity contribution in [3.8, 4) is 0 Å². The maximum Gasteiger partial charge on any atom is 0.237 e. The van der Waals surface area contributed by atoms with E-state index in [2.05, 4.69) is 21.3 Å². The van der Waals surface area contributed by atoms with Crippen LogP contribution in [0.3, 0.4) is 0 Å². The number of carbonyl (C=O) groups excluding carboxylic acids is 3. The van der Waals surface area contributed by atoms with Gasteiger partial charge in [-0.1, -0.05) is 36.4 Å². The molecule has 170 valence electrons. The molecule has 0 bridgehead atoms. The quantitative estimate of drug-likeness (QED) is 0.576. The highest BCUT2D eigenvalue weighted by Gasteiger charge is 2.47. The summed E-state index contributed by atoms with van der Waals surface area (Å²) in [7, 11) is 1.72. The number of carbonyl (C=O) groups is 3. The number of nitrogens with one attached hydrogen (secondary N) is 4. The molecule has 2 amide bonds. The molecule has 1 aliphatic heterocycles. The summed E-state index contributed by atoms with van der Waals surface area (Å²) >= 11 is 0. The van der Waals surface area contributed by atoms with Gasteiger partial charge >= 0.3 is 0 Å². The van der Waals surface area contributed by atoms with Gasteiger partial charge in [0.2, 0.25) is 11.8 Å². The summed E-state index contributed by atoms with van der Waals surface area (Å²) in [6.07, 6.45) is 2.81. The van der Waals surface area contributed by atoms with Gasteiger partial charge in [-0.05, 0) is 57.7 Å². The number of Topliss-reactive ketones (excluding diaryl/α,β-unsaturated/α-hetero) is 1. The molecule has 2 fully saturated rings. The van der Waals surface area contributed by atoms with Gasteiger partial charge in [-0.25, -0.2) is 0 Å². The number of hydrogen-bond donors (Lipinski definition) is 4. The fourth-order valence-electron chi connectivity index (χ4n) is 5.02. The smallest absolute Gasteiger partial charge is 0.237 e. The molecule has 0 aromatic heterocycles. The van der Waals surface area contributed by atoms with Gasteiger partial charge in [0, 0.05) is 29.0 Å². The zero-order valence-electron chi connectivity index (χ0n) is 18.7. The predicted molar refractivity (Wildman–Crippen MR) is 125 cm³/mol. The third kappa shape index (κ3) is 4.54. The standard InChI is InChI=1S/C25H32N4O3/c1-15(26-2)24(31)29-21-11-6-14-27-20-13-12-18(22(20)23(21)30)25(32)28-19-10-5-8-16-7-3-4-9-17(16)19/h3-5,7-10,15,18,20-22,26-27H,6,11-14H2,1-2H3,(H,28,32)(H,29,31)/t15-,18-,20?,21-,22?/m0/s1. The zero-order chi connectivity index (χ0) is 22.7. The fourth-order valence-corrected chi connectivity index (χ4v) is 5.02. The first-order valence-electron chi connectivity index (χ1n) is 11.5. The van der Waals surface area contributed by atoms with Crippen LogP contribution in [-0.4, -0.2) is 49.3 Å². The third-order valence-corrected chi connectivity index (χ3v) is 6.93. The van der Waals surface area contributed by atoms with E-state index >= 15 is 0 Å². The summed E-state index contributed by atoms with van der Waals surface area (Å²) in [4.78, 5) is 39.3. The zero-order valence-corrected chi connectivity index (χ0v) is 18.7. The van der Waals surface area contributed by atoms with Crippen molar-refractivity contribution >= 4 is 34.1 Å². The summed E-state index contributed by atoms with van der Waals surface area (Å²) in [5.41, 5.74) is 0.760. The summed E-state index contributed by atoms with van der Waals surface area (Å²) in [5.74, 6) is -1.21. The Balaban J connectivity index is 1.54. The van der Waals surface area contributed by atoms with Crippen LogP contribution < -0.4 is 21.3 Å². The van der Waals surface area contributed by atoms with Gasteiger partial charge in [-0.2, -0.15) is 0 Å². The van der Waals surface area contributed by atoms with Crippen LogP contribution in [0.15, 0.2) is 42.5 Å². The monoisotopic (exact) mass is 436 g/mol. The molecule has 2 unspecified atom stereocenters. The molecule has 5 atom stereocenters. The Hall–Kier alpha value is -2.77. The minimum absolute atomic E-state index is 0.0329. The lowest BCUT2D eigenvalue weighted by atomic mass is 9.83. The molecule has 1 saturated carbocycles. The molecule has 1 heterocycles. The van der Waals surface area contributed by atoms with Crippen LogP contribution in [0.2, 0.25) is 0 Å². The molecular weight excluding hydrogens is 404 g/mol. The number of amides is 2. The lowest BCUT2D eigenvalue weighted by Crippen LogP contribution is -2.54. The van der Waals surface area contributed by atoms with Gasteiger partial charge in [-0.3, -0.25) is 14.4 Å². The largest absolute Gasteiger partial charge is 0.345 e. The minimum atomic E-state index is -0.557. The Morgan fingerprint density at radius 3 is 2.66 bits per heavy atom. The average Bonchev–Trinajstić information content (AvgIpc) is 3.22. The SMILES string of the molecule is CN[C@@H](C)C(=O)N[C@H]1CCCNC2CC[C@H](C(=O)Nc3cccc4ccccc34)C2C1=O. The number of anilines is 1. The van der Waals surface area contributed by atoms with Crippen molar-refractivity contribution in [3.63, 3.8) is 0 Å². The van der Waals surface area contributed by atoms with Gasteiger partial charge in [0.25, 0.3) is 0 Å². The first-order valence-corrected chi connectivity index (χ1v) is 11.5. The third-order valence-electron chi connectivity index (χ3n) is 6.93. The Bertz CT molecular complexity index is 1000. The first kappa shape index (κ1) is 22.4. The molecule has 1 aliphatic carbocycles. The second-order valence-electron chi connectivity index (χ2n) is 8.90. The van der Waals surface area contributed by atoms with E-state index in [1.54, 1.807) is 14.0 Å². The number of ketones is 1. The van der Waals surface area contributed by atoms with Crippen LogP contribution in [0.4, 0.5) is 5.69 Å². The van der Waals surface area contributed by atoms with Crippen molar-refractivity contribution in [1.29, 1.82) is 0 Å². The van der Waals surface area contributed by atoms with Crippen LogP contribution in [0.25, 0.3) is 10.8 Å². The molecule has 7 nitrogen and oxygen atoms in total. The number of rotatable bonds is 5. The molecule has 4 rings (SSSR count). The molecule has 2 aromatic rings. The Morgan fingerprint density at radius 1 is 1.06 bits per heavy atom. The van der Waals surface area contributed by atoms with Crippen molar-refractivity contribution in [2.24, 2.45) is 11.8 Å². The fraction of sp³-hybridized carbons (Fsp3) is 0.480. The maximum atomic E-state index is 13.6. The molecule has 32 heavy (non-hydrogen) atoms. The van der Waals surface area contributed by atoms with Crippen LogP contribution >= 0.6 is 0 Å². The summed E-state index contributed by atoms with van der Waals surface area (Å²) < 4.78 is 0. The molecular formula is C25H32N4O3. The Labute approximate surface area is 188 Å². The Morgan fingerprint density at radius 2 is 1.84 bits per heavy atom. The van der Waals surface area contributed by atoms with Gasteiger partial charge in [0.05, 0.1) is 12.1 Å². The van der Waals surface area contributed by atoms with Crippen molar-refractivity contribution in [2.75, 3.05) is 18.9 Å². The van der Waals surface area contributed by atoms with E-state index in [4.69, 9.17) is 0 Å². The molecule has 4 N–H and O–H groups in total. The molecule has 0 radical (unpaired) electrons. The highest BCUT2D eigenvalue weighted by molar-refractivity contribution is 6.05. The number of fused-ring (bicyclic) bond motifs is 2. The van der Waals surface area contributed by atoms with E-state index in [0.717, 1.165) is 35.8 Å². The van der Waals surface area contributed by atoms with E-state index in [1.165, 1.54) is 0 Å². The molecule has 1 saturated heterocycles. The number of hydrogen-bond acceptors (Lipinski definition) is 5. The second-order valence-corrected chi connectivity index (χ2v) is 8.90. The number of benzene rings is 2. The van der Waals surface area contributed by atoms with E-state index in [9.17, 15) is 14.4 Å².